The van der Waals surface area contributed by atoms with Gasteiger partial charge in [0.1, 0.15) is 0 Å². The zero-order valence-corrected chi connectivity index (χ0v) is 7.22. The molecule has 0 nitrogen and oxygen atoms in total. The van der Waals surface area contributed by atoms with Crippen molar-refractivity contribution in [1.82, 2.24) is 0 Å². The Morgan fingerprint density at radius 3 is 2.08 bits per heavy atom. The molecule has 0 radical (unpaired) electrons. The monoisotopic (exact) mass is 162 g/mol. The van der Waals surface area contributed by atoms with Crippen LogP contribution in [0.3, 0.4) is 0 Å². The molecule has 0 spiro atoms. The van der Waals surface area contributed by atoms with E-state index in [-0.39, 0.29) is 7.43 Å². The summed E-state index contributed by atoms with van der Waals surface area (Å²) in [4.78, 5) is 0. The SMILES string of the molecule is C.C=C(C)c1ccc(CC)cc1. The molecule has 0 unspecified atom stereocenters. The van der Waals surface area contributed by atoms with E-state index >= 15 is 0 Å². The summed E-state index contributed by atoms with van der Waals surface area (Å²) in [5.41, 5.74) is 3.75. The fraction of sp³-hybridized carbons (Fsp3) is 0.333. The van der Waals surface area contributed by atoms with Gasteiger partial charge in [-0.1, -0.05) is 50.8 Å². The van der Waals surface area contributed by atoms with E-state index in [1.54, 1.807) is 0 Å². The summed E-state index contributed by atoms with van der Waals surface area (Å²) >= 11 is 0. The van der Waals surface area contributed by atoms with Crippen LogP contribution in [-0.4, -0.2) is 0 Å². The Morgan fingerprint density at radius 2 is 1.75 bits per heavy atom. The molecule has 66 valence electrons. The quantitative estimate of drug-likeness (QED) is 0.618. The largest absolute Gasteiger partial charge is 0.0955 e. The Hall–Kier alpha value is -1.04. The molecule has 0 saturated heterocycles. The van der Waals surface area contributed by atoms with E-state index in [2.05, 4.69) is 37.8 Å². The second-order valence-electron chi connectivity index (χ2n) is 2.83. The smallest absolute Gasteiger partial charge is 0.0233 e. The van der Waals surface area contributed by atoms with E-state index in [1.807, 2.05) is 6.92 Å². The molecule has 0 heteroatoms. The summed E-state index contributed by atoms with van der Waals surface area (Å²) in [6.45, 7) is 8.07. The number of aryl methyl sites for hydroxylation is 1. The Kier molecular flexibility index (Phi) is 4.35. The van der Waals surface area contributed by atoms with Gasteiger partial charge >= 0.3 is 0 Å². The highest BCUT2D eigenvalue weighted by Crippen LogP contribution is 2.12. The van der Waals surface area contributed by atoms with Gasteiger partial charge in [0, 0.05) is 0 Å². The zero-order valence-electron chi connectivity index (χ0n) is 7.22. The van der Waals surface area contributed by atoms with Crippen LogP contribution in [0.15, 0.2) is 30.8 Å². The maximum absolute atomic E-state index is 3.88. The maximum atomic E-state index is 3.88. The molecule has 1 aromatic carbocycles. The summed E-state index contributed by atoms with van der Waals surface area (Å²) in [6, 6.07) is 8.57. The highest BCUT2D eigenvalue weighted by atomic mass is 14.0. The third kappa shape index (κ3) is 2.54. The fourth-order valence-corrected chi connectivity index (χ4v) is 1.02. The van der Waals surface area contributed by atoms with Crippen molar-refractivity contribution in [3.05, 3.63) is 42.0 Å². The molecule has 1 aromatic rings. The Balaban J connectivity index is 0.00000121. The average molecular weight is 162 g/mol. The number of benzene rings is 1. The van der Waals surface area contributed by atoms with Crippen LogP contribution >= 0.6 is 0 Å². The highest BCUT2D eigenvalue weighted by molar-refractivity contribution is 5.61. The first kappa shape index (κ1) is 11.0. The van der Waals surface area contributed by atoms with Crippen LogP contribution in [0.2, 0.25) is 0 Å². The average Bonchev–Trinajstić information content (AvgIpc) is 2.05. The van der Waals surface area contributed by atoms with E-state index in [1.165, 1.54) is 11.1 Å². The van der Waals surface area contributed by atoms with Gasteiger partial charge in [0.05, 0.1) is 0 Å². The number of hydrogen-bond donors (Lipinski definition) is 0. The standard InChI is InChI=1S/C11H14.CH4/c1-4-10-5-7-11(8-6-10)9(2)3;/h5-8H,2,4H2,1,3H3;1H4. The van der Waals surface area contributed by atoms with E-state index < -0.39 is 0 Å². The normalized spacial score (nSPS) is 8.83. The molecular weight excluding hydrogens is 144 g/mol. The molecule has 0 heterocycles. The number of hydrogen-bond acceptors (Lipinski definition) is 0. The molecule has 12 heavy (non-hydrogen) atoms. The molecule has 0 aromatic heterocycles. The lowest BCUT2D eigenvalue weighted by Gasteiger charge is -2.00. The van der Waals surface area contributed by atoms with Gasteiger partial charge in [0.2, 0.25) is 0 Å². The minimum atomic E-state index is 0. The fourth-order valence-electron chi connectivity index (χ4n) is 1.02. The first-order valence-corrected chi connectivity index (χ1v) is 3.99. The van der Waals surface area contributed by atoms with Crippen molar-refractivity contribution in [3.63, 3.8) is 0 Å². The van der Waals surface area contributed by atoms with E-state index in [0.29, 0.717) is 0 Å². The van der Waals surface area contributed by atoms with E-state index in [0.717, 1.165) is 12.0 Å². The van der Waals surface area contributed by atoms with Crippen LogP contribution in [-0.2, 0) is 6.42 Å². The van der Waals surface area contributed by atoms with Crippen molar-refractivity contribution in [2.24, 2.45) is 0 Å². The lowest BCUT2D eigenvalue weighted by Crippen LogP contribution is -1.81. The van der Waals surface area contributed by atoms with Gasteiger partial charge < -0.3 is 0 Å². The van der Waals surface area contributed by atoms with Crippen LogP contribution in [0, 0.1) is 0 Å². The highest BCUT2D eigenvalue weighted by Gasteiger charge is 1.91. The van der Waals surface area contributed by atoms with Crippen molar-refractivity contribution >= 4 is 5.57 Å². The van der Waals surface area contributed by atoms with Crippen molar-refractivity contribution in [1.29, 1.82) is 0 Å². The van der Waals surface area contributed by atoms with Crippen molar-refractivity contribution < 1.29 is 0 Å². The topological polar surface area (TPSA) is 0 Å². The third-order valence-electron chi connectivity index (χ3n) is 1.85. The Morgan fingerprint density at radius 1 is 1.25 bits per heavy atom. The molecule has 0 aliphatic heterocycles. The van der Waals surface area contributed by atoms with Crippen molar-refractivity contribution in [2.75, 3.05) is 0 Å². The van der Waals surface area contributed by atoms with Crippen LogP contribution in [0.1, 0.15) is 32.4 Å². The molecule has 0 aliphatic rings. The molecule has 0 N–H and O–H groups in total. The molecule has 0 bridgehead atoms. The predicted molar refractivity (Wildman–Crippen MR) is 57.3 cm³/mol. The zero-order chi connectivity index (χ0) is 8.27. The molecule has 0 fully saturated rings. The summed E-state index contributed by atoms with van der Waals surface area (Å²) in [5.74, 6) is 0. The summed E-state index contributed by atoms with van der Waals surface area (Å²) in [5, 5.41) is 0. The van der Waals surface area contributed by atoms with Crippen LogP contribution in [0.4, 0.5) is 0 Å². The molecular formula is C12H18. The van der Waals surface area contributed by atoms with Crippen molar-refractivity contribution in [2.45, 2.75) is 27.7 Å². The summed E-state index contributed by atoms with van der Waals surface area (Å²) in [7, 11) is 0. The minimum absolute atomic E-state index is 0. The summed E-state index contributed by atoms with van der Waals surface area (Å²) in [6.07, 6.45) is 1.11. The molecule has 1 rings (SSSR count). The van der Waals surface area contributed by atoms with Crippen LogP contribution < -0.4 is 0 Å². The Bertz CT molecular complexity index is 241. The molecule has 0 amide bonds. The molecule has 0 atom stereocenters. The van der Waals surface area contributed by atoms with Crippen molar-refractivity contribution in [3.8, 4) is 0 Å². The second kappa shape index (κ2) is 4.76. The van der Waals surface area contributed by atoms with Gasteiger partial charge in [0.25, 0.3) is 0 Å². The first-order valence-electron chi connectivity index (χ1n) is 3.99. The lowest BCUT2D eigenvalue weighted by molar-refractivity contribution is 1.14. The van der Waals surface area contributed by atoms with Gasteiger partial charge in [-0.05, 0) is 24.5 Å². The minimum Gasteiger partial charge on any atom is -0.0955 e. The van der Waals surface area contributed by atoms with Gasteiger partial charge in [-0.3, -0.25) is 0 Å². The van der Waals surface area contributed by atoms with Gasteiger partial charge in [-0.15, -0.1) is 0 Å². The van der Waals surface area contributed by atoms with E-state index in [9.17, 15) is 0 Å². The first-order chi connectivity index (χ1) is 5.24. The molecule has 0 aliphatic carbocycles. The maximum Gasteiger partial charge on any atom is -0.0233 e. The summed E-state index contributed by atoms with van der Waals surface area (Å²) < 4.78 is 0. The second-order valence-corrected chi connectivity index (χ2v) is 2.83. The van der Waals surface area contributed by atoms with Crippen LogP contribution in [0.5, 0.6) is 0 Å². The Labute approximate surface area is 75.9 Å². The lowest BCUT2D eigenvalue weighted by atomic mass is 10.1. The predicted octanol–water partition coefficient (Wildman–Crippen LogP) is 3.92. The van der Waals surface area contributed by atoms with E-state index in [4.69, 9.17) is 0 Å². The van der Waals surface area contributed by atoms with Gasteiger partial charge in [0.15, 0.2) is 0 Å². The third-order valence-corrected chi connectivity index (χ3v) is 1.85. The van der Waals surface area contributed by atoms with Gasteiger partial charge in [-0.2, -0.15) is 0 Å². The number of rotatable bonds is 2. The molecule has 0 saturated carbocycles. The van der Waals surface area contributed by atoms with Crippen LogP contribution in [0.25, 0.3) is 5.57 Å². The van der Waals surface area contributed by atoms with Gasteiger partial charge in [-0.25, -0.2) is 0 Å². The number of allylic oxidation sites excluding steroid dienone is 1.